The van der Waals surface area contributed by atoms with E-state index < -0.39 is 0 Å². The van der Waals surface area contributed by atoms with Crippen LogP contribution in [0.1, 0.15) is 60.0 Å². The van der Waals surface area contributed by atoms with Crippen molar-refractivity contribution in [2.45, 2.75) is 52.4 Å². The monoisotopic (exact) mass is 264 g/mol. The van der Waals surface area contributed by atoms with Crippen molar-refractivity contribution in [1.82, 2.24) is 0 Å². The molecule has 0 bridgehead atoms. The Morgan fingerprint density at radius 2 is 1.83 bits per heavy atom. The van der Waals surface area contributed by atoms with Gasteiger partial charge in [0.1, 0.15) is 0 Å². The third kappa shape index (κ3) is 3.14. The van der Waals surface area contributed by atoms with Gasteiger partial charge >= 0.3 is 0 Å². The Kier molecular flexibility index (Phi) is 4.45. The van der Waals surface area contributed by atoms with E-state index in [9.17, 15) is 4.79 Å². The molecule has 1 nitrogen and oxygen atoms in total. The molecule has 1 aliphatic carbocycles. The van der Waals surface area contributed by atoms with E-state index in [-0.39, 0.29) is 0 Å². The first-order valence-corrected chi connectivity index (χ1v) is 7.25. The highest BCUT2D eigenvalue weighted by Gasteiger charge is 2.19. The number of aryl methyl sites for hydroxylation is 2. The highest BCUT2D eigenvalue weighted by molar-refractivity contribution is 6.31. The molecule has 0 aliphatic heterocycles. The van der Waals surface area contributed by atoms with E-state index in [4.69, 9.17) is 11.6 Å². The molecular formula is C16H21ClO. The predicted molar refractivity (Wildman–Crippen MR) is 76.4 cm³/mol. The van der Waals surface area contributed by atoms with Crippen LogP contribution in [0, 0.1) is 19.8 Å². The molecular weight excluding hydrogens is 244 g/mol. The average molecular weight is 265 g/mol. The second kappa shape index (κ2) is 5.88. The minimum Gasteiger partial charge on any atom is -0.294 e. The molecule has 1 fully saturated rings. The Labute approximate surface area is 115 Å². The quantitative estimate of drug-likeness (QED) is 0.694. The van der Waals surface area contributed by atoms with Crippen LogP contribution in [0.5, 0.6) is 0 Å². The summed E-state index contributed by atoms with van der Waals surface area (Å²) in [6, 6.07) is 3.85. The molecule has 0 atom stereocenters. The predicted octanol–water partition coefficient (Wildman–Crippen LogP) is 5.11. The van der Waals surface area contributed by atoms with Gasteiger partial charge in [0, 0.05) is 17.0 Å². The number of hydrogen-bond donors (Lipinski definition) is 0. The van der Waals surface area contributed by atoms with Crippen molar-refractivity contribution < 1.29 is 4.79 Å². The van der Waals surface area contributed by atoms with Crippen LogP contribution in [-0.4, -0.2) is 5.78 Å². The smallest absolute Gasteiger partial charge is 0.163 e. The van der Waals surface area contributed by atoms with Crippen LogP contribution in [0.3, 0.4) is 0 Å². The summed E-state index contributed by atoms with van der Waals surface area (Å²) in [5, 5.41) is 0.752. The minimum absolute atomic E-state index is 0.291. The standard InChI is InChI=1S/C16H21ClO/c1-11-9-15(17)12(2)8-14(11)16(18)10-13-6-4-3-5-7-13/h8-9,13H,3-7,10H2,1-2H3. The molecule has 1 aliphatic rings. The van der Waals surface area contributed by atoms with Crippen molar-refractivity contribution in [3.8, 4) is 0 Å². The van der Waals surface area contributed by atoms with Crippen LogP contribution in [0.25, 0.3) is 0 Å². The number of halogens is 1. The summed E-state index contributed by atoms with van der Waals surface area (Å²) < 4.78 is 0. The second-order valence-corrected chi connectivity index (χ2v) is 5.95. The maximum Gasteiger partial charge on any atom is 0.163 e. The molecule has 0 heterocycles. The van der Waals surface area contributed by atoms with Gasteiger partial charge < -0.3 is 0 Å². The van der Waals surface area contributed by atoms with Crippen molar-refractivity contribution in [2.24, 2.45) is 5.92 Å². The van der Waals surface area contributed by atoms with Gasteiger partial charge in [-0.1, -0.05) is 43.7 Å². The van der Waals surface area contributed by atoms with Gasteiger partial charge in [0.2, 0.25) is 0 Å². The van der Waals surface area contributed by atoms with Crippen molar-refractivity contribution in [3.05, 3.63) is 33.8 Å². The van der Waals surface area contributed by atoms with E-state index in [1.807, 2.05) is 26.0 Å². The lowest BCUT2D eigenvalue weighted by Crippen LogP contribution is -2.13. The molecule has 0 unspecified atom stereocenters. The summed E-state index contributed by atoms with van der Waals surface area (Å²) in [7, 11) is 0. The molecule has 98 valence electrons. The fourth-order valence-corrected chi connectivity index (χ4v) is 3.06. The lowest BCUT2D eigenvalue weighted by atomic mass is 9.84. The number of carbonyl (C=O) groups is 1. The van der Waals surface area contributed by atoms with Crippen LogP contribution in [0.15, 0.2) is 12.1 Å². The minimum atomic E-state index is 0.291. The first kappa shape index (κ1) is 13.6. The van der Waals surface area contributed by atoms with E-state index in [1.165, 1.54) is 32.1 Å². The van der Waals surface area contributed by atoms with E-state index >= 15 is 0 Å². The summed E-state index contributed by atoms with van der Waals surface area (Å²) in [6.07, 6.45) is 7.06. The highest BCUT2D eigenvalue weighted by atomic mass is 35.5. The van der Waals surface area contributed by atoms with E-state index in [1.54, 1.807) is 0 Å². The second-order valence-electron chi connectivity index (χ2n) is 5.55. The normalized spacial score (nSPS) is 16.8. The van der Waals surface area contributed by atoms with Crippen LogP contribution in [-0.2, 0) is 0 Å². The van der Waals surface area contributed by atoms with E-state index in [0.29, 0.717) is 18.1 Å². The van der Waals surface area contributed by atoms with E-state index in [0.717, 1.165) is 21.7 Å². The molecule has 0 saturated heterocycles. The molecule has 0 aromatic heterocycles. The van der Waals surface area contributed by atoms with Gasteiger partial charge in [-0.2, -0.15) is 0 Å². The Balaban J connectivity index is 2.10. The zero-order valence-corrected chi connectivity index (χ0v) is 12.0. The number of ketones is 1. The molecule has 1 saturated carbocycles. The van der Waals surface area contributed by atoms with Gasteiger partial charge in [0.15, 0.2) is 5.78 Å². The molecule has 0 spiro atoms. The number of rotatable bonds is 3. The van der Waals surface area contributed by atoms with Crippen molar-refractivity contribution in [3.63, 3.8) is 0 Å². The first-order valence-electron chi connectivity index (χ1n) is 6.88. The summed E-state index contributed by atoms with van der Waals surface area (Å²) in [5.74, 6) is 0.890. The number of benzene rings is 1. The largest absolute Gasteiger partial charge is 0.294 e. The molecule has 1 aromatic rings. The Morgan fingerprint density at radius 1 is 1.17 bits per heavy atom. The average Bonchev–Trinajstić information content (AvgIpc) is 2.35. The number of Topliss-reactive ketones (excluding diaryl/α,β-unsaturated/α-hetero) is 1. The zero-order chi connectivity index (χ0) is 13.1. The van der Waals surface area contributed by atoms with Gasteiger partial charge in [-0.25, -0.2) is 0 Å². The molecule has 0 N–H and O–H groups in total. The maximum atomic E-state index is 12.4. The summed E-state index contributed by atoms with van der Waals surface area (Å²) >= 11 is 6.07. The van der Waals surface area contributed by atoms with Gasteiger partial charge in [-0.05, 0) is 43.0 Å². The van der Waals surface area contributed by atoms with Gasteiger partial charge in [0.05, 0.1) is 0 Å². The maximum absolute atomic E-state index is 12.4. The lowest BCUT2D eigenvalue weighted by molar-refractivity contribution is 0.0949. The Hall–Kier alpha value is -0.820. The topological polar surface area (TPSA) is 17.1 Å². The fourth-order valence-electron chi connectivity index (χ4n) is 2.84. The third-order valence-corrected chi connectivity index (χ3v) is 4.41. The fraction of sp³-hybridized carbons (Fsp3) is 0.562. The van der Waals surface area contributed by atoms with Crippen LogP contribution >= 0.6 is 11.6 Å². The van der Waals surface area contributed by atoms with Crippen LogP contribution in [0.2, 0.25) is 5.02 Å². The third-order valence-electron chi connectivity index (χ3n) is 4.00. The number of carbonyl (C=O) groups excluding carboxylic acids is 1. The highest BCUT2D eigenvalue weighted by Crippen LogP contribution is 2.29. The van der Waals surface area contributed by atoms with Gasteiger partial charge in [-0.15, -0.1) is 0 Å². The molecule has 2 rings (SSSR count). The summed E-state index contributed by atoms with van der Waals surface area (Å²) in [5.41, 5.74) is 2.86. The van der Waals surface area contributed by atoms with E-state index in [2.05, 4.69) is 0 Å². The van der Waals surface area contributed by atoms with Crippen molar-refractivity contribution in [1.29, 1.82) is 0 Å². The Bertz CT molecular complexity index is 445. The Morgan fingerprint density at radius 3 is 2.50 bits per heavy atom. The van der Waals surface area contributed by atoms with Gasteiger partial charge in [-0.3, -0.25) is 4.79 Å². The zero-order valence-electron chi connectivity index (χ0n) is 11.3. The number of hydrogen-bond acceptors (Lipinski definition) is 1. The summed E-state index contributed by atoms with van der Waals surface area (Å²) in [6.45, 7) is 3.93. The molecule has 0 radical (unpaired) electrons. The van der Waals surface area contributed by atoms with Gasteiger partial charge in [0.25, 0.3) is 0 Å². The van der Waals surface area contributed by atoms with Crippen molar-refractivity contribution in [2.75, 3.05) is 0 Å². The van der Waals surface area contributed by atoms with Crippen LogP contribution in [0.4, 0.5) is 0 Å². The molecule has 1 aromatic carbocycles. The lowest BCUT2D eigenvalue weighted by Gasteiger charge is -2.21. The molecule has 0 amide bonds. The SMILES string of the molecule is Cc1cc(C(=O)CC2CCCCC2)c(C)cc1Cl. The molecule has 2 heteroatoms. The first-order chi connectivity index (χ1) is 8.58. The van der Waals surface area contributed by atoms with Crippen molar-refractivity contribution >= 4 is 17.4 Å². The van der Waals surface area contributed by atoms with Crippen LogP contribution < -0.4 is 0 Å². The molecule has 18 heavy (non-hydrogen) atoms. The summed E-state index contributed by atoms with van der Waals surface area (Å²) in [4.78, 5) is 12.4.